The number of aromatic carboxylic acids is 1. The zero-order chi connectivity index (χ0) is 47.4. The number of halogens is 12. The van der Waals surface area contributed by atoms with Crippen LogP contribution in [0.5, 0.6) is 0 Å². The minimum absolute atomic E-state index is 0. The van der Waals surface area contributed by atoms with Crippen LogP contribution in [0.2, 0.25) is 0 Å². The molecule has 0 bridgehead atoms. The van der Waals surface area contributed by atoms with Crippen molar-refractivity contribution in [2.75, 3.05) is 0 Å². The average Bonchev–Trinajstić information content (AvgIpc) is 3.24. The quantitative estimate of drug-likeness (QED) is 0.103. The van der Waals surface area contributed by atoms with Crippen LogP contribution in [-0.2, 0) is 19.8 Å². The maximum absolute atomic E-state index is 11.0. The van der Waals surface area contributed by atoms with E-state index >= 15 is 0 Å². The number of pyridine rings is 6. The van der Waals surface area contributed by atoms with Crippen molar-refractivity contribution in [3.8, 4) is 11.1 Å². The zero-order valence-electron chi connectivity index (χ0n) is 32.9. The number of benzene rings is 4. The zero-order valence-corrected chi connectivity index (χ0v) is 37.2. The summed E-state index contributed by atoms with van der Waals surface area (Å²) in [6.07, 6.45) is 10.7. The Hall–Kier alpha value is -6.53. The van der Waals surface area contributed by atoms with Gasteiger partial charge in [-0.15, -0.1) is 0 Å². The number of carbonyl (C=O) groups is 1. The molecule has 10 rings (SSSR count). The van der Waals surface area contributed by atoms with Gasteiger partial charge in [0.05, 0.1) is 38.7 Å². The summed E-state index contributed by atoms with van der Waals surface area (Å²) >= 11 is 0. The summed E-state index contributed by atoms with van der Waals surface area (Å²) in [5, 5.41) is 15.6. The van der Waals surface area contributed by atoms with E-state index in [1.54, 1.807) is 49.3 Å². The molecule has 0 radical (unpaired) electrons. The summed E-state index contributed by atoms with van der Waals surface area (Å²) in [6, 6.07) is 41.0. The first-order valence-corrected chi connectivity index (χ1v) is 22.4. The van der Waals surface area contributed by atoms with Crippen LogP contribution in [0.4, 0.5) is 50.4 Å². The van der Waals surface area contributed by atoms with E-state index in [4.69, 9.17) is 5.11 Å². The number of nitrogens with zero attached hydrogens (tertiary/aromatic N) is 6. The number of fused-ring (bicyclic) bond motifs is 9. The largest absolute Gasteiger partial charge is 2.00 e. The number of rotatable bonds is 2. The first-order chi connectivity index (χ1) is 30.0. The minimum Gasteiger partial charge on any atom is -0.478 e. The van der Waals surface area contributed by atoms with Gasteiger partial charge < -0.3 is 5.11 Å². The maximum Gasteiger partial charge on any atom is 2.00 e. The van der Waals surface area contributed by atoms with Crippen molar-refractivity contribution in [3.63, 3.8) is 0 Å². The molecule has 0 amide bonds. The summed E-state index contributed by atoms with van der Waals surface area (Å²) in [7, 11) is -21.3. The fourth-order valence-electron chi connectivity index (χ4n) is 6.17. The standard InChI is InChI=1S/C19H12N2O2.2C12H8N2.2F6P.Os/c22-19(23)13-7-5-12(6-8-13)16-11-14-3-1-9-20-17(14)18-15(16)4-2-10-21-18;2*1-3-9-5-6-10-4-2-8-14-12(10)11(9)13-7-1;2*1-7(2,3,4,5)6;/h1-11H,(H,22,23);2*1-8H;;;/q;;;2*-1;+2. The second-order valence-corrected chi connectivity index (χ2v) is 17.5. The van der Waals surface area contributed by atoms with E-state index in [0.717, 1.165) is 76.5 Å². The maximum atomic E-state index is 11.0. The smallest absolute Gasteiger partial charge is 0.478 e. The molecule has 0 unspecified atom stereocenters. The molecular formula is C43H28F12N6O2OsP2. The Morgan fingerprint density at radius 3 is 0.970 bits per heavy atom. The van der Waals surface area contributed by atoms with E-state index in [1.807, 2.05) is 60.7 Å². The van der Waals surface area contributed by atoms with Crippen LogP contribution >= 0.6 is 15.6 Å². The third-order valence-electron chi connectivity index (χ3n) is 8.59. The Labute approximate surface area is 376 Å². The Balaban J connectivity index is 0.000000166. The van der Waals surface area contributed by atoms with Gasteiger partial charge in [-0.05, 0) is 65.7 Å². The molecule has 1 N–H and O–H groups in total. The predicted octanol–water partition coefficient (Wildman–Crippen LogP) is 16.5. The minimum atomic E-state index is -10.7. The number of carboxylic acids is 1. The molecule has 66 heavy (non-hydrogen) atoms. The fraction of sp³-hybridized carbons (Fsp3) is 0. The Kier molecular flexibility index (Phi) is 13.5. The van der Waals surface area contributed by atoms with Crippen molar-refractivity contribution in [1.29, 1.82) is 0 Å². The average molecular weight is 1140 g/mol. The van der Waals surface area contributed by atoms with Crippen LogP contribution in [0.1, 0.15) is 10.4 Å². The predicted molar refractivity (Wildman–Crippen MR) is 231 cm³/mol. The topological polar surface area (TPSA) is 115 Å². The van der Waals surface area contributed by atoms with Crippen molar-refractivity contribution in [1.82, 2.24) is 29.9 Å². The summed E-state index contributed by atoms with van der Waals surface area (Å²) in [4.78, 5) is 37.3. The monoisotopic (exact) mass is 1140 g/mol. The molecule has 0 aliphatic rings. The van der Waals surface area contributed by atoms with Crippen molar-refractivity contribution in [2.45, 2.75) is 0 Å². The first kappa shape index (κ1) is 50.5. The number of aromatic nitrogens is 6. The molecule has 0 aliphatic carbocycles. The van der Waals surface area contributed by atoms with Gasteiger partial charge in [-0.1, -0.05) is 72.8 Å². The van der Waals surface area contributed by atoms with Crippen molar-refractivity contribution >= 4 is 87.0 Å². The molecule has 0 fully saturated rings. The van der Waals surface area contributed by atoms with Gasteiger partial charge in [0.1, 0.15) is 0 Å². The number of hydrogen-bond acceptors (Lipinski definition) is 7. The first-order valence-electron chi connectivity index (χ1n) is 18.3. The SMILES string of the molecule is F[P-](F)(F)(F)(F)F.F[P-](F)(F)(F)(F)F.O=C(O)c1ccc(-c2cc3cccnc3c3ncccc23)cc1.[Os+2].c1cnc2c(c1)ccc1cccnc12.c1cnc2c(c1)ccc1cccnc12. The molecule has 0 saturated carbocycles. The van der Waals surface area contributed by atoms with Crippen LogP contribution in [0.25, 0.3) is 76.5 Å². The van der Waals surface area contributed by atoms with Crippen LogP contribution < -0.4 is 0 Å². The molecule has 0 spiro atoms. The fourth-order valence-corrected chi connectivity index (χ4v) is 6.17. The summed E-state index contributed by atoms with van der Waals surface area (Å²) in [6.45, 7) is 0. The van der Waals surface area contributed by atoms with E-state index in [-0.39, 0.29) is 25.4 Å². The van der Waals surface area contributed by atoms with Gasteiger partial charge in [0.2, 0.25) is 0 Å². The third kappa shape index (κ3) is 15.9. The summed E-state index contributed by atoms with van der Waals surface area (Å²) in [5.41, 5.74) is 7.88. The molecule has 8 nitrogen and oxygen atoms in total. The molecule has 4 aromatic carbocycles. The number of carboxylic acid groups (broad SMARTS) is 1. The summed E-state index contributed by atoms with van der Waals surface area (Å²) in [5.74, 6) is -0.925. The Bertz CT molecular complexity index is 3110. The molecule has 0 saturated heterocycles. The molecule has 344 valence electrons. The van der Waals surface area contributed by atoms with E-state index in [0.29, 0.717) is 0 Å². The van der Waals surface area contributed by atoms with E-state index < -0.39 is 21.6 Å². The van der Waals surface area contributed by atoms with Crippen LogP contribution in [-0.4, -0.2) is 41.0 Å². The van der Waals surface area contributed by atoms with Crippen molar-refractivity contribution in [2.24, 2.45) is 0 Å². The van der Waals surface area contributed by atoms with E-state index in [9.17, 15) is 55.2 Å². The van der Waals surface area contributed by atoms with Crippen LogP contribution in [0.15, 0.2) is 165 Å². The molecule has 10 aromatic rings. The Morgan fingerprint density at radius 1 is 0.379 bits per heavy atom. The van der Waals surface area contributed by atoms with Gasteiger partial charge in [-0.3, -0.25) is 29.9 Å². The van der Waals surface area contributed by atoms with E-state index in [2.05, 4.69) is 84.5 Å². The van der Waals surface area contributed by atoms with Crippen LogP contribution in [0, 0.1) is 0 Å². The van der Waals surface area contributed by atoms with Gasteiger partial charge in [-0.25, -0.2) is 4.79 Å². The molecule has 6 heterocycles. The van der Waals surface area contributed by atoms with Crippen LogP contribution in [0.3, 0.4) is 0 Å². The van der Waals surface area contributed by atoms with Crippen molar-refractivity contribution in [3.05, 3.63) is 170 Å². The normalized spacial score (nSPS) is 13.3. The van der Waals surface area contributed by atoms with E-state index in [1.165, 1.54) is 0 Å². The number of hydrogen-bond donors (Lipinski definition) is 1. The second-order valence-electron chi connectivity index (χ2n) is 13.6. The molecule has 6 aromatic heterocycles. The van der Waals surface area contributed by atoms with Gasteiger partial charge >= 0.3 is 91.7 Å². The molecule has 23 heteroatoms. The van der Waals surface area contributed by atoms with Gasteiger partial charge in [0.15, 0.2) is 0 Å². The van der Waals surface area contributed by atoms with Gasteiger partial charge in [-0.2, -0.15) is 0 Å². The third-order valence-corrected chi connectivity index (χ3v) is 8.59. The second kappa shape index (κ2) is 17.7. The van der Waals surface area contributed by atoms with Crippen molar-refractivity contribution < 1.29 is 80.1 Å². The molecular weight excluding hydrogens is 1110 g/mol. The molecule has 0 atom stereocenters. The van der Waals surface area contributed by atoms with Gasteiger partial charge in [0, 0.05) is 69.5 Å². The summed E-state index contributed by atoms with van der Waals surface area (Å²) < 4.78 is 118. The van der Waals surface area contributed by atoms with Gasteiger partial charge in [0.25, 0.3) is 0 Å². The Morgan fingerprint density at radius 2 is 0.652 bits per heavy atom. The molecule has 0 aliphatic heterocycles.